The number of nitrogens with zero attached hydrogens (tertiary/aromatic N) is 2. The molecule has 0 aliphatic carbocycles. The van der Waals surface area contributed by atoms with Gasteiger partial charge in [-0.3, -0.25) is 14.5 Å². The van der Waals surface area contributed by atoms with Crippen molar-refractivity contribution in [3.8, 4) is 5.75 Å². The summed E-state index contributed by atoms with van der Waals surface area (Å²) < 4.78 is 13.5. The number of rotatable bonds is 9. The predicted octanol–water partition coefficient (Wildman–Crippen LogP) is 3.90. The van der Waals surface area contributed by atoms with Gasteiger partial charge in [-0.2, -0.15) is 0 Å². The minimum atomic E-state index is -0.548. The number of anilines is 1. The molecule has 8 nitrogen and oxygen atoms in total. The van der Waals surface area contributed by atoms with Crippen molar-refractivity contribution >= 4 is 28.4 Å². The Morgan fingerprint density at radius 2 is 1.78 bits per heavy atom. The molecule has 3 N–H and O–H groups in total. The van der Waals surface area contributed by atoms with Crippen molar-refractivity contribution in [2.75, 3.05) is 38.2 Å². The van der Waals surface area contributed by atoms with Crippen molar-refractivity contribution in [3.05, 3.63) is 95.7 Å². The Labute approximate surface area is 215 Å². The van der Waals surface area contributed by atoms with Gasteiger partial charge in [0.1, 0.15) is 12.4 Å². The lowest BCUT2D eigenvalue weighted by atomic mass is 10.1. The second-order valence-electron chi connectivity index (χ2n) is 9.04. The molecule has 1 fully saturated rings. The molecule has 37 heavy (non-hydrogen) atoms. The Morgan fingerprint density at radius 1 is 0.946 bits per heavy atom. The van der Waals surface area contributed by atoms with Crippen LogP contribution in [0.5, 0.6) is 5.75 Å². The molecule has 1 aliphatic rings. The van der Waals surface area contributed by atoms with Crippen LogP contribution < -0.4 is 15.8 Å². The van der Waals surface area contributed by atoms with E-state index in [2.05, 4.69) is 27.0 Å². The normalized spacial score (nSPS) is 13.9. The molecule has 190 valence electrons. The van der Waals surface area contributed by atoms with Crippen molar-refractivity contribution in [3.63, 3.8) is 0 Å². The molecule has 3 aromatic carbocycles. The van der Waals surface area contributed by atoms with Crippen LogP contribution >= 0.6 is 0 Å². The average molecular weight is 499 g/mol. The van der Waals surface area contributed by atoms with Gasteiger partial charge < -0.3 is 25.1 Å². The Hall–Kier alpha value is -4.14. The molecule has 0 spiro atoms. The van der Waals surface area contributed by atoms with Crippen LogP contribution in [0.2, 0.25) is 0 Å². The molecule has 0 bridgehead atoms. The lowest BCUT2D eigenvalue weighted by Gasteiger charge is -2.26. The molecule has 1 aromatic heterocycles. The molecule has 0 atom stereocenters. The van der Waals surface area contributed by atoms with E-state index in [1.165, 1.54) is 0 Å². The zero-order chi connectivity index (χ0) is 25.6. The molecule has 8 heteroatoms. The predicted molar refractivity (Wildman–Crippen MR) is 143 cm³/mol. The van der Waals surface area contributed by atoms with Gasteiger partial charge in [-0.15, -0.1) is 0 Å². The van der Waals surface area contributed by atoms with Gasteiger partial charge in [-0.05, 0) is 54.1 Å². The molecule has 1 saturated heterocycles. The Kier molecular flexibility index (Phi) is 7.49. The molecular formula is C29H30N4O4. The second-order valence-corrected chi connectivity index (χ2v) is 9.04. The summed E-state index contributed by atoms with van der Waals surface area (Å²) in [6.45, 7) is 5.65. The molecule has 0 radical (unpaired) electrons. The zero-order valence-electron chi connectivity index (χ0n) is 20.6. The number of morpholine rings is 1. The number of nitrogens with two attached hydrogens (primary N) is 1. The first kappa shape index (κ1) is 24.5. The summed E-state index contributed by atoms with van der Waals surface area (Å²) in [6, 6.07) is 22.1. The fourth-order valence-electron chi connectivity index (χ4n) is 4.51. The number of fused-ring (bicyclic) bond motifs is 1. The van der Waals surface area contributed by atoms with Crippen molar-refractivity contribution in [2.45, 2.75) is 13.2 Å². The molecule has 0 unspecified atom stereocenters. The molecule has 2 amide bonds. The summed E-state index contributed by atoms with van der Waals surface area (Å²) in [7, 11) is 0. The van der Waals surface area contributed by atoms with E-state index in [9.17, 15) is 9.59 Å². The highest BCUT2D eigenvalue weighted by Gasteiger charge is 2.13. The third-order valence-electron chi connectivity index (χ3n) is 6.53. The third-order valence-corrected chi connectivity index (χ3v) is 6.53. The van der Waals surface area contributed by atoms with Crippen LogP contribution in [0.4, 0.5) is 5.69 Å². The lowest BCUT2D eigenvalue weighted by molar-refractivity contribution is 0.0365. The van der Waals surface area contributed by atoms with E-state index in [0.29, 0.717) is 16.9 Å². The summed E-state index contributed by atoms with van der Waals surface area (Å²) >= 11 is 0. The topological polar surface area (TPSA) is 98.8 Å². The maximum Gasteiger partial charge on any atom is 0.255 e. The molecule has 0 saturated carbocycles. The van der Waals surface area contributed by atoms with E-state index in [4.69, 9.17) is 15.2 Å². The van der Waals surface area contributed by atoms with Gasteiger partial charge in [0, 0.05) is 54.5 Å². The largest absolute Gasteiger partial charge is 0.488 e. The molecule has 4 aromatic rings. The standard InChI is InChI=1S/C29H30N4O4/c30-28(34)25-6-1-2-7-27(25)37-20-21-4-3-5-23(18-21)29(35)31-24-8-9-26-22(19-24)10-11-33(26)13-12-32-14-16-36-17-15-32/h1-11,18-19H,12-17,20H2,(H2,30,34)(H,31,35). The highest BCUT2D eigenvalue weighted by atomic mass is 16.5. The first-order valence-electron chi connectivity index (χ1n) is 12.4. The number of ether oxygens (including phenoxy) is 2. The molecular weight excluding hydrogens is 468 g/mol. The molecule has 5 rings (SSSR count). The van der Waals surface area contributed by atoms with Crippen molar-refractivity contribution in [1.82, 2.24) is 9.47 Å². The van der Waals surface area contributed by atoms with Crippen LogP contribution in [0.1, 0.15) is 26.3 Å². The summed E-state index contributed by atoms with van der Waals surface area (Å²) in [5.74, 6) is -0.339. The van der Waals surface area contributed by atoms with Gasteiger partial charge >= 0.3 is 0 Å². The van der Waals surface area contributed by atoms with Gasteiger partial charge in [0.05, 0.1) is 18.8 Å². The summed E-state index contributed by atoms with van der Waals surface area (Å²) in [5.41, 5.74) is 8.95. The quantitative estimate of drug-likeness (QED) is 0.365. The number of nitrogens with one attached hydrogen (secondary N) is 1. The first-order valence-corrected chi connectivity index (χ1v) is 12.4. The molecule has 2 heterocycles. The number of hydrogen-bond acceptors (Lipinski definition) is 5. The number of hydrogen-bond donors (Lipinski definition) is 2. The zero-order valence-corrected chi connectivity index (χ0v) is 20.6. The van der Waals surface area contributed by atoms with Crippen molar-refractivity contribution < 1.29 is 19.1 Å². The van der Waals surface area contributed by atoms with Crippen LogP contribution in [0.3, 0.4) is 0 Å². The summed E-state index contributed by atoms with van der Waals surface area (Å²) in [5, 5.41) is 4.07. The number of amides is 2. The van der Waals surface area contributed by atoms with E-state index in [1.54, 1.807) is 36.4 Å². The minimum Gasteiger partial charge on any atom is -0.488 e. The SMILES string of the molecule is NC(=O)c1ccccc1OCc1cccc(C(=O)Nc2ccc3c(ccn3CCN3CCOCC3)c2)c1. The maximum atomic E-state index is 13.0. The van der Waals surface area contributed by atoms with E-state index >= 15 is 0 Å². The number of benzene rings is 3. The van der Waals surface area contributed by atoms with Gasteiger partial charge in [0.15, 0.2) is 0 Å². The Morgan fingerprint density at radius 3 is 2.62 bits per heavy atom. The number of primary amides is 1. The van der Waals surface area contributed by atoms with E-state index < -0.39 is 5.91 Å². The second kappa shape index (κ2) is 11.3. The van der Waals surface area contributed by atoms with Crippen molar-refractivity contribution in [1.29, 1.82) is 0 Å². The van der Waals surface area contributed by atoms with Gasteiger partial charge in [0.2, 0.25) is 0 Å². The smallest absolute Gasteiger partial charge is 0.255 e. The van der Waals surface area contributed by atoms with Crippen LogP contribution in [-0.4, -0.2) is 54.1 Å². The fraction of sp³-hybridized carbons (Fsp3) is 0.241. The molecule has 1 aliphatic heterocycles. The van der Waals surface area contributed by atoms with Crippen LogP contribution in [0.15, 0.2) is 79.0 Å². The van der Waals surface area contributed by atoms with Gasteiger partial charge in [-0.1, -0.05) is 24.3 Å². The highest BCUT2D eigenvalue weighted by Crippen LogP contribution is 2.22. The van der Waals surface area contributed by atoms with Crippen LogP contribution in [0.25, 0.3) is 10.9 Å². The maximum absolute atomic E-state index is 13.0. The average Bonchev–Trinajstić information content (AvgIpc) is 3.33. The number of aromatic nitrogens is 1. The first-order chi connectivity index (χ1) is 18.1. The van der Waals surface area contributed by atoms with Gasteiger partial charge in [-0.25, -0.2) is 0 Å². The van der Waals surface area contributed by atoms with E-state index in [-0.39, 0.29) is 12.5 Å². The highest BCUT2D eigenvalue weighted by molar-refractivity contribution is 6.05. The number of para-hydroxylation sites is 1. The van der Waals surface area contributed by atoms with Crippen molar-refractivity contribution in [2.24, 2.45) is 5.73 Å². The van der Waals surface area contributed by atoms with E-state index in [1.807, 2.05) is 30.3 Å². The number of carbonyl (C=O) groups excluding carboxylic acids is 2. The van der Waals surface area contributed by atoms with Crippen LogP contribution in [-0.2, 0) is 17.9 Å². The van der Waals surface area contributed by atoms with Gasteiger partial charge in [0.25, 0.3) is 11.8 Å². The summed E-state index contributed by atoms with van der Waals surface area (Å²) in [6.07, 6.45) is 2.09. The lowest BCUT2D eigenvalue weighted by Crippen LogP contribution is -2.38. The Bertz CT molecular complexity index is 1410. The van der Waals surface area contributed by atoms with E-state index in [0.717, 1.165) is 61.5 Å². The number of carbonyl (C=O) groups is 2. The Balaban J connectivity index is 1.22. The fourth-order valence-corrected chi connectivity index (χ4v) is 4.51. The van der Waals surface area contributed by atoms with Crippen LogP contribution in [0, 0.1) is 0 Å². The third kappa shape index (κ3) is 5.99. The summed E-state index contributed by atoms with van der Waals surface area (Å²) in [4.78, 5) is 27.0. The minimum absolute atomic E-state index is 0.203. The monoisotopic (exact) mass is 498 g/mol.